The molecule has 0 heterocycles. The van der Waals surface area contributed by atoms with Gasteiger partial charge in [-0.15, -0.1) is 0 Å². The van der Waals surface area contributed by atoms with E-state index in [1.54, 1.807) is 13.8 Å². The van der Waals surface area contributed by atoms with Gasteiger partial charge in [0.15, 0.2) is 0 Å². The van der Waals surface area contributed by atoms with Crippen LogP contribution in [0.4, 0.5) is 4.79 Å². The van der Waals surface area contributed by atoms with Crippen molar-refractivity contribution in [1.82, 2.24) is 10.6 Å². The number of carbonyl (C=O) groups excluding carboxylic acids is 2. The lowest BCUT2D eigenvalue weighted by molar-refractivity contribution is -0.139. The Labute approximate surface area is 119 Å². The number of nitrogens with one attached hydrogen (secondary N) is 2. The van der Waals surface area contributed by atoms with E-state index in [1.807, 2.05) is 0 Å². The third-order valence-corrected chi connectivity index (χ3v) is 3.55. The molecule has 0 bridgehead atoms. The van der Waals surface area contributed by atoms with E-state index in [-0.39, 0.29) is 12.8 Å². The standard InChI is InChI=1S/C14H24N2O4/c1-14(2,8-12(18)19)7-11(17)16-13(20)15-9-10-5-3-4-6-10/h10H,3-9H2,1-2H3,(H,18,19)(H2,15,16,17,20). The summed E-state index contributed by atoms with van der Waals surface area (Å²) < 4.78 is 0. The normalized spacial score (nSPS) is 15.9. The Bertz CT molecular complexity index is 373. The summed E-state index contributed by atoms with van der Waals surface area (Å²) in [5.41, 5.74) is -0.665. The molecule has 6 heteroatoms. The van der Waals surface area contributed by atoms with Crippen molar-refractivity contribution in [1.29, 1.82) is 0 Å². The van der Waals surface area contributed by atoms with Crippen molar-refractivity contribution in [2.24, 2.45) is 11.3 Å². The van der Waals surface area contributed by atoms with Gasteiger partial charge in [-0.05, 0) is 24.2 Å². The summed E-state index contributed by atoms with van der Waals surface area (Å²) in [4.78, 5) is 33.9. The van der Waals surface area contributed by atoms with Gasteiger partial charge in [-0.2, -0.15) is 0 Å². The molecule has 20 heavy (non-hydrogen) atoms. The highest BCUT2D eigenvalue weighted by atomic mass is 16.4. The van der Waals surface area contributed by atoms with Crippen LogP contribution >= 0.6 is 0 Å². The molecule has 0 aromatic heterocycles. The fraction of sp³-hybridized carbons (Fsp3) is 0.786. The molecule has 0 aromatic carbocycles. The van der Waals surface area contributed by atoms with E-state index in [0.717, 1.165) is 12.8 Å². The van der Waals surface area contributed by atoms with Gasteiger partial charge in [0.25, 0.3) is 0 Å². The maximum absolute atomic E-state index is 11.7. The van der Waals surface area contributed by atoms with Crippen molar-refractivity contribution in [3.05, 3.63) is 0 Å². The Balaban J connectivity index is 2.26. The first-order valence-electron chi connectivity index (χ1n) is 7.08. The van der Waals surface area contributed by atoms with Crippen molar-refractivity contribution in [2.45, 2.75) is 52.4 Å². The maximum atomic E-state index is 11.7. The van der Waals surface area contributed by atoms with Gasteiger partial charge < -0.3 is 10.4 Å². The number of amides is 3. The van der Waals surface area contributed by atoms with Crippen LogP contribution in [0.5, 0.6) is 0 Å². The third-order valence-electron chi connectivity index (χ3n) is 3.55. The third kappa shape index (κ3) is 6.54. The summed E-state index contributed by atoms with van der Waals surface area (Å²) in [7, 11) is 0. The summed E-state index contributed by atoms with van der Waals surface area (Å²) >= 11 is 0. The van der Waals surface area contributed by atoms with Gasteiger partial charge in [-0.25, -0.2) is 4.79 Å². The zero-order chi connectivity index (χ0) is 15.2. The lowest BCUT2D eigenvalue weighted by Gasteiger charge is -2.21. The molecular formula is C14H24N2O4. The van der Waals surface area contributed by atoms with Gasteiger partial charge in [0.05, 0.1) is 6.42 Å². The molecule has 0 spiro atoms. The summed E-state index contributed by atoms with van der Waals surface area (Å²) in [6.45, 7) is 3.98. The molecule has 1 rings (SSSR count). The zero-order valence-electron chi connectivity index (χ0n) is 12.2. The molecule has 114 valence electrons. The number of carbonyl (C=O) groups is 3. The van der Waals surface area contributed by atoms with Crippen LogP contribution in [-0.2, 0) is 9.59 Å². The minimum Gasteiger partial charge on any atom is -0.481 e. The van der Waals surface area contributed by atoms with Gasteiger partial charge in [0.1, 0.15) is 0 Å². The molecule has 1 aliphatic rings. The van der Waals surface area contributed by atoms with Crippen molar-refractivity contribution in [2.75, 3.05) is 6.54 Å². The van der Waals surface area contributed by atoms with Crippen LogP contribution in [0, 0.1) is 11.3 Å². The first kappa shape index (κ1) is 16.5. The highest BCUT2D eigenvalue weighted by Crippen LogP contribution is 2.25. The number of aliphatic carboxylic acids is 1. The Morgan fingerprint density at radius 2 is 1.75 bits per heavy atom. The zero-order valence-corrected chi connectivity index (χ0v) is 12.2. The monoisotopic (exact) mass is 284 g/mol. The predicted octanol–water partition coefficient (Wildman–Crippen LogP) is 1.89. The Hall–Kier alpha value is -1.59. The SMILES string of the molecule is CC(C)(CC(=O)O)CC(=O)NC(=O)NCC1CCCC1. The first-order chi connectivity index (χ1) is 9.28. The molecule has 3 N–H and O–H groups in total. The number of carboxylic acids is 1. The lowest BCUT2D eigenvalue weighted by atomic mass is 9.85. The van der Waals surface area contributed by atoms with Crippen LogP contribution in [0.1, 0.15) is 52.4 Å². The smallest absolute Gasteiger partial charge is 0.321 e. The van der Waals surface area contributed by atoms with E-state index in [2.05, 4.69) is 10.6 Å². The second-order valence-corrected chi connectivity index (χ2v) is 6.32. The van der Waals surface area contributed by atoms with Crippen LogP contribution in [0.2, 0.25) is 0 Å². The Morgan fingerprint density at radius 3 is 2.30 bits per heavy atom. The molecule has 0 atom stereocenters. The number of hydrogen-bond acceptors (Lipinski definition) is 3. The fourth-order valence-electron chi connectivity index (χ4n) is 2.57. The van der Waals surface area contributed by atoms with Gasteiger partial charge in [0.2, 0.25) is 5.91 Å². The van der Waals surface area contributed by atoms with E-state index < -0.39 is 23.3 Å². The molecule has 6 nitrogen and oxygen atoms in total. The number of carboxylic acid groups (broad SMARTS) is 1. The van der Waals surface area contributed by atoms with E-state index in [4.69, 9.17) is 5.11 Å². The molecule has 1 saturated carbocycles. The molecule has 3 amide bonds. The second-order valence-electron chi connectivity index (χ2n) is 6.32. The van der Waals surface area contributed by atoms with Gasteiger partial charge in [-0.1, -0.05) is 26.7 Å². The van der Waals surface area contributed by atoms with E-state index in [9.17, 15) is 14.4 Å². The van der Waals surface area contributed by atoms with E-state index in [1.165, 1.54) is 12.8 Å². The largest absolute Gasteiger partial charge is 0.481 e. The van der Waals surface area contributed by atoms with Crippen LogP contribution in [0.25, 0.3) is 0 Å². The minimum absolute atomic E-state index is 0.0101. The Morgan fingerprint density at radius 1 is 1.15 bits per heavy atom. The Kier molecular flexibility index (Phi) is 5.98. The van der Waals surface area contributed by atoms with Crippen LogP contribution < -0.4 is 10.6 Å². The molecule has 0 radical (unpaired) electrons. The molecule has 0 aromatic rings. The predicted molar refractivity (Wildman–Crippen MR) is 74.2 cm³/mol. The quantitative estimate of drug-likeness (QED) is 0.694. The van der Waals surface area contributed by atoms with Crippen molar-refractivity contribution in [3.63, 3.8) is 0 Å². The maximum Gasteiger partial charge on any atom is 0.321 e. The number of hydrogen-bond donors (Lipinski definition) is 3. The van der Waals surface area contributed by atoms with Crippen molar-refractivity contribution >= 4 is 17.9 Å². The summed E-state index contributed by atoms with van der Waals surface area (Å²) in [6.07, 6.45) is 4.56. The van der Waals surface area contributed by atoms with Gasteiger partial charge in [-0.3, -0.25) is 14.9 Å². The summed E-state index contributed by atoms with van der Waals surface area (Å²) in [5, 5.41) is 13.7. The topological polar surface area (TPSA) is 95.5 Å². The molecule has 0 saturated heterocycles. The van der Waals surface area contributed by atoms with Crippen LogP contribution in [0.3, 0.4) is 0 Å². The average Bonchev–Trinajstić information content (AvgIpc) is 2.75. The number of urea groups is 1. The number of rotatable bonds is 6. The highest BCUT2D eigenvalue weighted by Gasteiger charge is 2.26. The highest BCUT2D eigenvalue weighted by molar-refractivity contribution is 5.94. The van der Waals surface area contributed by atoms with Gasteiger partial charge in [0, 0.05) is 13.0 Å². The molecule has 1 aliphatic carbocycles. The average molecular weight is 284 g/mol. The summed E-state index contributed by atoms with van der Waals surface area (Å²) in [5.74, 6) is -0.882. The lowest BCUT2D eigenvalue weighted by Crippen LogP contribution is -2.42. The van der Waals surface area contributed by atoms with Crippen LogP contribution in [0.15, 0.2) is 0 Å². The van der Waals surface area contributed by atoms with Gasteiger partial charge >= 0.3 is 12.0 Å². The van der Waals surface area contributed by atoms with Crippen molar-refractivity contribution < 1.29 is 19.5 Å². The number of imide groups is 1. The summed E-state index contributed by atoms with van der Waals surface area (Å²) in [6, 6.07) is -0.493. The first-order valence-corrected chi connectivity index (χ1v) is 7.08. The van der Waals surface area contributed by atoms with Crippen LogP contribution in [-0.4, -0.2) is 29.6 Å². The fourth-order valence-corrected chi connectivity index (χ4v) is 2.57. The second kappa shape index (κ2) is 7.26. The minimum atomic E-state index is -0.950. The molecule has 0 unspecified atom stereocenters. The van der Waals surface area contributed by atoms with E-state index >= 15 is 0 Å². The van der Waals surface area contributed by atoms with E-state index in [0.29, 0.717) is 12.5 Å². The molecule has 0 aliphatic heterocycles. The molecular weight excluding hydrogens is 260 g/mol. The molecule has 1 fully saturated rings. The van der Waals surface area contributed by atoms with Crippen molar-refractivity contribution in [3.8, 4) is 0 Å².